The van der Waals surface area contributed by atoms with Crippen LogP contribution in [0.3, 0.4) is 0 Å². The molecule has 2 aromatic rings. The first kappa shape index (κ1) is 23.3. The van der Waals surface area contributed by atoms with E-state index in [4.69, 9.17) is 0 Å². The van der Waals surface area contributed by atoms with Gasteiger partial charge in [0.15, 0.2) is 0 Å². The van der Waals surface area contributed by atoms with E-state index in [1.807, 2.05) is 49.9 Å². The summed E-state index contributed by atoms with van der Waals surface area (Å²) in [5, 5.41) is 2.84. The van der Waals surface area contributed by atoms with E-state index < -0.39 is 10.0 Å². The zero-order valence-corrected chi connectivity index (χ0v) is 19.2. The number of carbonyl (C=O) groups is 1. The molecule has 0 radical (unpaired) electrons. The molecule has 0 atom stereocenters. The smallest absolute Gasteiger partial charge is 0.240 e. The third-order valence-corrected chi connectivity index (χ3v) is 6.83. The summed E-state index contributed by atoms with van der Waals surface area (Å²) in [6, 6.07) is 13.8. The van der Waals surface area contributed by atoms with Crippen LogP contribution in [0.25, 0.3) is 0 Å². The molecular weight excluding hydrogens is 404 g/mol. The van der Waals surface area contributed by atoms with Crippen molar-refractivity contribution < 1.29 is 13.2 Å². The molecule has 2 aromatic carbocycles. The van der Waals surface area contributed by atoms with Crippen LogP contribution in [0.2, 0.25) is 0 Å². The molecule has 0 heterocycles. The molecule has 1 amide bonds. The highest BCUT2D eigenvalue weighted by Crippen LogP contribution is 2.23. The number of hydrogen-bond donors (Lipinski definition) is 1. The molecule has 0 bridgehead atoms. The molecule has 0 fully saturated rings. The number of carbonyl (C=O) groups excluding carboxylic acids is 1. The average molecular weight is 435 g/mol. The number of aryl methyl sites for hydroxylation is 3. The van der Waals surface area contributed by atoms with Gasteiger partial charge < -0.3 is 5.32 Å². The summed E-state index contributed by atoms with van der Waals surface area (Å²) >= 11 is 1.83. The Hall–Kier alpha value is -1.99. The quantitative estimate of drug-likeness (QED) is 0.578. The maximum absolute atomic E-state index is 12.3. The van der Waals surface area contributed by atoms with Gasteiger partial charge in [-0.15, -0.1) is 0 Å². The van der Waals surface area contributed by atoms with Crippen molar-refractivity contribution in [2.45, 2.75) is 32.9 Å². The summed E-state index contributed by atoms with van der Waals surface area (Å²) < 4.78 is 25.6. The Bertz CT molecular complexity index is 943. The summed E-state index contributed by atoms with van der Waals surface area (Å²) in [6.07, 6.45) is 1.96. The van der Waals surface area contributed by atoms with E-state index in [-0.39, 0.29) is 12.5 Å². The SMILES string of the molecule is Cc1ccc(N(CC(=O)NCCCSCc2ccccc2C)S(C)(=O)=O)c(C)c1. The van der Waals surface area contributed by atoms with Crippen molar-refractivity contribution in [1.29, 1.82) is 0 Å². The minimum absolute atomic E-state index is 0.209. The third kappa shape index (κ3) is 7.40. The van der Waals surface area contributed by atoms with Crippen molar-refractivity contribution in [2.24, 2.45) is 0 Å². The number of nitrogens with one attached hydrogen (secondary N) is 1. The zero-order valence-electron chi connectivity index (χ0n) is 17.6. The fourth-order valence-corrected chi connectivity index (χ4v) is 4.96. The van der Waals surface area contributed by atoms with Gasteiger partial charge in [0.25, 0.3) is 0 Å². The minimum atomic E-state index is -3.55. The molecular formula is C22H30N2O3S2. The summed E-state index contributed by atoms with van der Waals surface area (Å²) in [5.41, 5.74) is 5.05. The Labute approximate surface area is 178 Å². The van der Waals surface area contributed by atoms with Gasteiger partial charge >= 0.3 is 0 Å². The molecule has 0 unspecified atom stereocenters. The minimum Gasteiger partial charge on any atom is -0.354 e. The van der Waals surface area contributed by atoms with Gasteiger partial charge in [-0.3, -0.25) is 9.10 Å². The number of sulfonamides is 1. The zero-order chi connectivity index (χ0) is 21.4. The van der Waals surface area contributed by atoms with Crippen molar-refractivity contribution in [2.75, 3.05) is 29.4 Å². The van der Waals surface area contributed by atoms with E-state index in [9.17, 15) is 13.2 Å². The lowest BCUT2D eigenvalue weighted by Gasteiger charge is -2.24. The van der Waals surface area contributed by atoms with Crippen LogP contribution in [0.1, 0.15) is 28.7 Å². The molecule has 1 N–H and O–H groups in total. The highest BCUT2D eigenvalue weighted by molar-refractivity contribution is 7.98. The van der Waals surface area contributed by atoms with E-state index in [1.165, 1.54) is 15.4 Å². The molecule has 0 aliphatic heterocycles. The lowest BCUT2D eigenvalue weighted by molar-refractivity contribution is -0.119. The van der Waals surface area contributed by atoms with Gasteiger partial charge in [0.2, 0.25) is 15.9 Å². The first-order chi connectivity index (χ1) is 13.7. The fourth-order valence-electron chi connectivity index (χ4n) is 3.01. The molecule has 0 saturated heterocycles. The molecule has 7 heteroatoms. The lowest BCUT2D eigenvalue weighted by atomic mass is 10.1. The van der Waals surface area contributed by atoms with Crippen molar-refractivity contribution in [3.8, 4) is 0 Å². The van der Waals surface area contributed by atoms with Gasteiger partial charge in [-0.25, -0.2) is 8.42 Å². The summed E-state index contributed by atoms with van der Waals surface area (Å²) in [4.78, 5) is 12.3. The second-order valence-electron chi connectivity index (χ2n) is 7.24. The Balaban J connectivity index is 1.81. The third-order valence-electron chi connectivity index (χ3n) is 4.61. The summed E-state index contributed by atoms with van der Waals surface area (Å²) in [7, 11) is -3.55. The molecule has 0 aliphatic carbocycles. The number of rotatable bonds is 10. The number of anilines is 1. The highest BCUT2D eigenvalue weighted by Gasteiger charge is 2.22. The van der Waals surface area contributed by atoms with Crippen LogP contribution in [0.5, 0.6) is 0 Å². The maximum atomic E-state index is 12.3. The van der Waals surface area contributed by atoms with E-state index in [0.29, 0.717) is 12.2 Å². The standard InChI is InChI=1S/C22H30N2O3S2/c1-17-10-11-21(19(3)14-17)24(29(4,26)27)15-22(25)23-12-7-13-28-16-20-9-6-5-8-18(20)2/h5-6,8-11,14H,7,12-13,15-16H2,1-4H3,(H,23,25). The van der Waals surface area contributed by atoms with E-state index in [0.717, 1.165) is 35.3 Å². The first-order valence-electron chi connectivity index (χ1n) is 9.62. The van der Waals surface area contributed by atoms with Gasteiger partial charge in [0.05, 0.1) is 11.9 Å². The predicted molar refractivity (Wildman–Crippen MR) is 123 cm³/mol. The Morgan fingerprint density at radius 2 is 1.79 bits per heavy atom. The number of thioether (sulfide) groups is 1. The Morgan fingerprint density at radius 3 is 2.45 bits per heavy atom. The monoisotopic (exact) mass is 434 g/mol. The molecule has 0 aliphatic rings. The van der Waals surface area contributed by atoms with Crippen LogP contribution in [0.4, 0.5) is 5.69 Å². The number of nitrogens with zero attached hydrogens (tertiary/aromatic N) is 1. The summed E-state index contributed by atoms with van der Waals surface area (Å²) in [6.45, 7) is 6.23. The first-order valence-corrected chi connectivity index (χ1v) is 12.6. The van der Waals surface area contributed by atoms with Crippen LogP contribution in [-0.4, -0.2) is 39.4 Å². The van der Waals surface area contributed by atoms with Gasteiger partial charge in [0, 0.05) is 12.3 Å². The molecule has 0 saturated carbocycles. The van der Waals surface area contributed by atoms with E-state index >= 15 is 0 Å². The van der Waals surface area contributed by atoms with Crippen LogP contribution in [0, 0.1) is 20.8 Å². The van der Waals surface area contributed by atoms with E-state index in [2.05, 4.69) is 24.4 Å². The molecule has 0 aromatic heterocycles. The van der Waals surface area contributed by atoms with Gasteiger partial charge in [-0.1, -0.05) is 42.0 Å². The normalized spacial score (nSPS) is 11.3. The van der Waals surface area contributed by atoms with E-state index in [1.54, 1.807) is 6.07 Å². The molecule has 158 valence electrons. The van der Waals surface area contributed by atoms with Crippen molar-refractivity contribution in [3.63, 3.8) is 0 Å². The number of hydrogen-bond acceptors (Lipinski definition) is 4. The number of benzene rings is 2. The highest BCUT2D eigenvalue weighted by atomic mass is 32.2. The summed E-state index contributed by atoms with van der Waals surface area (Å²) in [5.74, 6) is 1.59. The Morgan fingerprint density at radius 1 is 1.07 bits per heavy atom. The fraction of sp³-hybridized carbons (Fsp3) is 0.409. The lowest BCUT2D eigenvalue weighted by Crippen LogP contribution is -2.41. The van der Waals surface area contributed by atoms with Gasteiger partial charge in [-0.2, -0.15) is 11.8 Å². The van der Waals surface area contributed by atoms with Crippen LogP contribution in [-0.2, 0) is 20.6 Å². The Kier molecular flexibility index (Phi) is 8.59. The molecule has 5 nitrogen and oxygen atoms in total. The average Bonchev–Trinajstić information content (AvgIpc) is 2.63. The van der Waals surface area contributed by atoms with Crippen LogP contribution < -0.4 is 9.62 Å². The molecule has 0 spiro atoms. The van der Waals surface area contributed by atoms with Crippen molar-refractivity contribution >= 4 is 33.4 Å². The topological polar surface area (TPSA) is 66.5 Å². The predicted octanol–water partition coefficient (Wildman–Crippen LogP) is 3.82. The van der Waals surface area contributed by atoms with Crippen LogP contribution in [0.15, 0.2) is 42.5 Å². The van der Waals surface area contributed by atoms with Gasteiger partial charge in [0.1, 0.15) is 6.54 Å². The second-order valence-corrected chi connectivity index (χ2v) is 10.3. The van der Waals surface area contributed by atoms with Gasteiger partial charge in [-0.05, 0) is 55.7 Å². The van der Waals surface area contributed by atoms with Crippen molar-refractivity contribution in [1.82, 2.24) is 5.32 Å². The second kappa shape index (κ2) is 10.7. The largest absolute Gasteiger partial charge is 0.354 e. The van der Waals surface area contributed by atoms with Crippen molar-refractivity contribution in [3.05, 3.63) is 64.7 Å². The number of amides is 1. The molecule has 29 heavy (non-hydrogen) atoms. The maximum Gasteiger partial charge on any atom is 0.240 e. The molecule has 2 rings (SSSR count). The van der Waals surface area contributed by atoms with Crippen LogP contribution >= 0.6 is 11.8 Å².